The number of amides is 1. The Balaban J connectivity index is 2.51. The van der Waals surface area contributed by atoms with Crippen LogP contribution in [0.1, 0.15) is 13.8 Å². The molecule has 0 radical (unpaired) electrons. The summed E-state index contributed by atoms with van der Waals surface area (Å²) in [6.07, 6.45) is 1.69. The fourth-order valence-corrected chi connectivity index (χ4v) is 1.49. The van der Waals surface area contributed by atoms with E-state index in [4.69, 9.17) is 0 Å². The molecule has 1 rings (SSSR count). The standard InChI is InChI=1S/C10H16BrN5O/c1-3-12-10-15-6-8(11)9(16-10)14-5-4-13-7(2)17/h6H,3-5H2,1-2H3,(H,13,17)(H2,12,14,15,16). The third-order valence-electron chi connectivity index (χ3n) is 1.87. The zero-order chi connectivity index (χ0) is 12.7. The van der Waals surface area contributed by atoms with E-state index in [-0.39, 0.29) is 5.91 Å². The predicted molar refractivity (Wildman–Crippen MR) is 71.1 cm³/mol. The van der Waals surface area contributed by atoms with Gasteiger partial charge < -0.3 is 16.0 Å². The van der Waals surface area contributed by atoms with Crippen LogP contribution in [0.3, 0.4) is 0 Å². The molecule has 1 amide bonds. The SMILES string of the molecule is CCNc1ncc(Br)c(NCCNC(C)=O)n1. The molecule has 0 atom stereocenters. The number of rotatable bonds is 6. The summed E-state index contributed by atoms with van der Waals surface area (Å²) in [7, 11) is 0. The summed E-state index contributed by atoms with van der Waals surface area (Å²) in [4.78, 5) is 19.1. The van der Waals surface area contributed by atoms with E-state index < -0.39 is 0 Å². The Kier molecular flexibility index (Phi) is 5.68. The van der Waals surface area contributed by atoms with Gasteiger partial charge in [-0.05, 0) is 22.9 Å². The third kappa shape index (κ3) is 4.99. The fraction of sp³-hybridized carbons (Fsp3) is 0.500. The van der Waals surface area contributed by atoms with E-state index in [0.717, 1.165) is 11.0 Å². The van der Waals surface area contributed by atoms with Gasteiger partial charge in [-0.25, -0.2) is 4.98 Å². The number of aromatic nitrogens is 2. The van der Waals surface area contributed by atoms with Crippen molar-refractivity contribution in [2.24, 2.45) is 0 Å². The van der Waals surface area contributed by atoms with Crippen molar-refractivity contribution in [3.05, 3.63) is 10.7 Å². The van der Waals surface area contributed by atoms with Gasteiger partial charge in [0.15, 0.2) is 0 Å². The van der Waals surface area contributed by atoms with Gasteiger partial charge in [0.05, 0.1) is 4.47 Å². The van der Waals surface area contributed by atoms with Crippen LogP contribution in [0, 0.1) is 0 Å². The highest BCUT2D eigenvalue weighted by atomic mass is 79.9. The first-order chi connectivity index (χ1) is 8.13. The van der Waals surface area contributed by atoms with Crippen molar-refractivity contribution in [1.82, 2.24) is 15.3 Å². The van der Waals surface area contributed by atoms with E-state index in [2.05, 4.69) is 41.8 Å². The molecule has 0 unspecified atom stereocenters. The van der Waals surface area contributed by atoms with Gasteiger partial charge in [0.1, 0.15) is 5.82 Å². The molecule has 0 aliphatic carbocycles. The van der Waals surface area contributed by atoms with Crippen molar-refractivity contribution in [1.29, 1.82) is 0 Å². The number of hydrogen-bond donors (Lipinski definition) is 3. The molecule has 0 spiro atoms. The van der Waals surface area contributed by atoms with Gasteiger partial charge in [-0.1, -0.05) is 0 Å². The van der Waals surface area contributed by atoms with Gasteiger partial charge in [0, 0.05) is 32.8 Å². The lowest BCUT2D eigenvalue weighted by Crippen LogP contribution is -2.26. The maximum atomic E-state index is 10.7. The second-order valence-electron chi connectivity index (χ2n) is 3.33. The van der Waals surface area contributed by atoms with Crippen molar-refractivity contribution in [3.63, 3.8) is 0 Å². The number of anilines is 2. The number of carbonyl (C=O) groups is 1. The second kappa shape index (κ2) is 7.05. The molecule has 3 N–H and O–H groups in total. The van der Waals surface area contributed by atoms with Crippen LogP contribution in [0.4, 0.5) is 11.8 Å². The summed E-state index contributed by atoms with van der Waals surface area (Å²) in [5, 5.41) is 8.84. The summed E-state index contributed by atoms with van der Waals surface area (Å²) >= 11 is 3.36. The Morgan fingerprint density at radius 1 is 1.41 bits per heavy atom. The molecule has 0 aliphatic rings. The van der Waals surface area contributed by atoms with Crippen LogP contribution in [0.5, 0.6) is 0 Å². The lowest BCUT2D eigenvalue weighted by atomic mass is 10.5. The molecule has 0 bridgehead atoms. The minimum Gasteiger partial charge on any atom is -0.367 e. The van der Waals surface area contributed by atoms with Crippen molar-refractivity contribution < 1.29 is 4.79 Å². The van der Waals surface area contributed by atoms with E-state index in [1.165, 1.54) is 6.92 Å². The first-order valence-electron chi connectivity index (χ1n) is 5.38. The molecule has 7 heteroatoms. The van der Waals surface area contributed by atoms with Gasteiger partial charge >= 0.3 is 0 Å². The number of nitrogens with zero attached hydrogens (tertiary/aromatic N) is 2. The van der Waals surface area contributed by atoms with Crippen molar-refractivity contribution >= 4 is 33.6 Å². The Hall–Kier alpha value is -1.37. The van der Waals surface area contributed by atoms with E-state index in [0.29, 0.717) is 24.9 Å². The second-order valence-corrected chi connectivity index (χ2v) is 4.18. The molecular weight excluding hydrogens is 286 g/mol. The molecule has 0 aliphatic heterocycles. The van der Waals surface area contributed by atoms with Crippen LogP contribution in [0.15, 0.2) is 10.7 Å². The molecule has 0 aromatic carbocycles. The number of halogens is 1. The predicted octanol–water partition coefficient (Wildman–Crippen LogP) is 1.22. The van der Waals surface area contributed by atoms with Gasteiger partial charge in [0.25, 0.3) is 0 Å². The molecular formula is C10H16BrN5O. The van der Waals surface area contributed by atoms with Crippen LogP contribution in [0.2, 0.25) is 0 Å². The minimum atomic E-state index is -0.0399. The van der Waals surface area contributed by atoms with Crippen LogP contribution < -0.4 is 16.0 Å². The summed E-state index contributed by atoms with van der Waals surface area (Å²) in [6, 6.07) is 0. The molecule has 0 fully saturated rings. The number of hydrogen-bond acceptors (Lipinski definition) is 5. The summed E-state index contributed by atoms with van der Waals surface area (Å²) in [5.41, 5.74) is 0. The van der Waals surface area contributed by atoms with E-state index in [1.54, 1.807) is 6.20 Å². The molecule has 1 aromatic rings. The van der Waals surface area contributed by atoms with Crippen molar-refractivity contribution in [3.8, 4) is 0 Å². The molecule has 17 heavy (non-hydrogen) atoms. The zero-order valence-electron chi connectivity index (χ0n) is 9.88. The topological polar surface area (TPSA) is 78.9 Å². The zero-order valence-corrected chi connectivity index (χ0v) is 11.5. The first-order valence-corrected chi connectivity index (χ1v) is 6.17. The lowest BCUT2D eigenvalue weighted by molar-refractivity contribution is -0.118. The minimum absolute atomic E-state index is 0.0399. The summed E-state index contributed by atoms with van der Waals surface area (Å²) in [5.74, 6) is 1.25. The average Bonchev–Trinajstić information content (AvgIpc) is 2.28. The normalized spacial score (nSPS) is 9.82. The molecule has 0 saturated carbocycles. The van der Waals surface area contributed by atoms with E-state index in [9.17, 15) is 4.79 Å². The maximum absolute atomic E-state index is 10.7. The highest BCUT2D eigenvalue weighted by Gasteiger charge is 2.03. The van der Waals surface area contributed by atoms with Gasteiger partial charge in [-0.2, -0.15) is 4.98 Å². The Morgan fingerprint density at radius 3 is 2.82 bits per heavy atom. The van der Waals surface area contributed by atoms with Crippen molar-refractivity contribution in [2.45, 2.75) is 13.8 Å². The van der Waals surface area contributed by atoms with Gasteiger partial charge in [0.2, 0.25) is 11.9 Å². The Morgan fingerprint density at radius 2 is 2.18 bits per heavy atom. The van der Waals surface area contributed by atoms with Crippen LogP contribution in [0.25, 0.3) is 0 Å². The quantitative estimate of drug-likeness (QED) is 0.689. The molecule has 0 saturated heterocycles. The first kappa shape index (κ1) is 13.7. The van der Waals surface area contributed by atoms with E-state index in [1.807, 2.05) is 6.92 Å². The molecule has 1 aromatic heterocycles. The maximum Gasteiger partial charge on any atom is 0.224 e. The van der Waals surface area contributed by atoms with E-state index >= 15 is 0 Å². The highest BCUT2D eigenvalue weighted by molar-refractivity contribution is 9.10. The highest BCUT2D eigenvalue weighted by Crippen LogP contribution is 2.19. The van der Waals surface area contributed by atoms with Crippen molar-refractivity contribution in [2.75, 3.05) is 30.3 Å². The molecule has 1 heterocycles. The largest absolute Gasteiger partial charge is 0.367 e. The summed E-state index contributed by atoms with van der Waals surface area (Å²) in [6.45, 7) is 5.41. The summed E-state index contributed by atoms with van der Waals surface area (Å²) < 4.78 is 0.793. The van der Waals surface area contributed by atoms with Crippen LogP contribution in [-0.2, 0) is 4.79 Å². The Bertz CT molecular complexity index is 385. The monoisotopic (exact) mass is 301 g/mol. The molecule has 6 nitrogen and oxygen atoms in total. The molecule has 94 valence electrons. The van der Waals surface area contributed by atoms with Crippen LogP contribution >= 0.6 is 15.9 Å². The fourth-order valence-electron chi connectivity index (χ4n) is 1.15. The van der Waals surface area contributed by atoms with Gasteiger partial charge in [-0.3, -0.25) is 4.79 Å². The average molecular weight is 302 g/mol. The number of carbonyl (C=O) groups excluding carboxylic acids is 1. The smallest absolute Gasteiger partial charge is 0.224 e. The Labute approximate surface area is 109 Å². The third-order valence-corrected chi connectivity index (χ3v) is 2.45. The lowest BCUT2D eigenvalue weighted by Gasteiger charge is -2.09. The van der Waals surface area contributed by atoms with Crippen LogP contribution in [-0.4, -0.2) is 35.5 Å². The number of nitrogens with one attached hydrogen (secondary N) is 3. The van der Waals surface area contributed by atoms with Gasteiger partial charge in [-0.15, -0.1) is 0 Å².